The zero-order chi connectivity index (χ0) is 14.9. The highest BCUT2D eigenvalue weighted by Gasteiger charge is 2.24. The molecule has 0 saturated heterocycles. The molecule has 0 saturated carbocycles. The van der Waals surface area contributed by atoms with Crippen LogP contribution in [0.5, 0.6) is 0 Å². The van der Waals surface area contributed by atoms with Gasteiger partial charge in [0.25, 0.3) is 0 Å². The average molecular weight is 287 g/mol. The van der Waals surface area contributed by atoms with Crippen LogP contribution in [-0.4, -0.2) is 18.2 Å². The van der Waals surface area contributed by atoms with Gasteiger partial charge in [-0.05, 0) is 40.8 Å². The van der Waals surface area contributed by atoms with Gasteiger partial charge in [-0.25, -0.2) is 0 Å². The van der Waals surface area contributed by atoms with Crippen molar-refractivity contribution in [3.63, 3.8) is 0 Å². The van der Waals surface area contributed by atoms with Crippen LogP contribution in [0, 0.1) is 0 Å². The summed E-state index contributed by atoms with van der Waals surface area (Å²) in [6, 6.07) is 12.1. The Morgan fingerprint density at radius 1 is 1.09 bits per heavy atom. The van der Waals surface area contributed by atoms with Crippen molar-refractivity contribution in [2.45, 2.75) is 6.42 Å². The molecule has 0 bridgehead atoms. The van der Waals surface area contributed by atoms with Crippen LogP contribution in [0.3, 0.4) is 0 Å². The van der Waals surface area contributed by atoms with Crippen molar-refractivity contribution < 1.29 is 4.79 Å². The molecule has 1 N–H and O–H groups in total. The molecule has 4 nitrogen and oxygen atoms in total. The van der Waals surface area contributed by atoms with E-state index in [1.54, 1.807) is 6.21 Å². The van der Waals surface area contributed by atoms with Gasteiger partial charge in [-0.1, -0.05) is 36.4 Å². The van der Waals surface area contributed by atoms with Crippen LogP contribution < -0.4 is 5.53 Å². The highest BCUT2D eigenvalue weighted by molar-refractivity contribution is 6.15. The Bertz CT molecular complexity index is 863. The summed E-state index contributed by atoms with van der Waals surface area (Å²) in [4.78, 5) is 11.3. The summed E-state index contributed by atoms with van der Waals surface area (Å²) in [5.74, 6) is 0. The first-order valence-electron chi connectivity index (χ1n) is 7.10. The number of hydrazone groups is 2. The van der Waals surface area contributed by atoms with Crippen molar-refractivity contribution in [2.24, 2.45) is 10.2 Å². The molecule has 0 spiro atoms. The predicted molar refractivity (Wildman–Crippen MR) is 87.4 cm³/mol. The molecule has 1 aliphatic carbocycles. The number of rotatable bonds is 2. The van der Waals surface area contributed by atoms with Gasteiger partial charge in [-0.2, -0.15) is 15.7 Å². The van der Waals surface area contributed by atoms with Gasteiger partial charge in [0.2, 0.25) is 0 Å². The van der Waals surface area contributed by atoms with Crippen LogP contribution in [0.1, 0.15) is 27.0 Å². The first-order chi connectivity index (χ1) is 10.9. The maximum Gasteiger partial charge on any atom is 0.150 e. The first-order valence-corrected chi connectivity index (χ1v) is 7.10. The van der Waals surface area contributed by atoms with Crippen molar-refractivity contribution in [3.05, 3.63) is 70.8 Å². The zero-order valence-electron chi connectivity index (χ0n) is 11.8. The van der Waals surface area contributed by atoms with E-state index >= 15 is 0 Å². The second-order valence-electron chi connectivity index (χ2n) is 5.24. The van der Waals surface area contributed by atoms with Crippen molar-refractivity contribution in [3.8, 4) is 11.1 Å². The van der Waals surface area contributed by atoms with Gasteiger partial charge in [0.15, 0.2) is 0 Å². The number of benzene rings is 2. The van der Waals surface area contributed by atoms with E-state index in [-0.39, 0.29) is 0 Å². The minimum Gasteiger partial charge on any atom is -0.298 e. The summed E-state index contributed by atoms with van der Waals surface area (Å²) in [5, 5.41) is 8.22. The van der Waals surface area contributed by atoms with Crippen molar-refractivity contribution in [1.29, 1.82) is 0 Å². The minimum atomic E-state index is 0.763. The van der Waals surface area contributed by atoms with Crippen LogP contribution in [-0.2, 0) is 6.42 Å². The lowest BCUT2D eigenvalue weighted by Crippen LogP contribution is -2.04. The van der Waals surface area contributed by atoms with Gasteiger partial charge in [-0.15, -0.1) is 0 Å². The summed E-state index contributed by atoms with van der Waals surface area (Å²) in [6.07, 6.45) is 7.17. The van der Waals surface area contributed by atoms with Crippen LogP contribution >= 0.6 is 0 Å². The molecule has 1 aliphatic heterocycles. The molecule has 4 heteroatoms. The SMILES string of the molecule is O=Cc1cccc2c1Cc1cccc(C3=NNN=CC=C3)c1-2. The fourth-order valence-electron chi connectivity index (χ4n) is 3.10. The Labute approximate surface area is 127 Å². The molecule has 0 radical (unpaired) electrons. The van der Waals surface area contributed by atoms with E-state index in [0.717, 1.165) is 46.2 Å². The standard InChI is InChI=1S/C18H13N3O/c22-11-13-5-2-6-14-16(13)10-12-4-1-7-15(18(12)14)17-8-3-9-19-21-20-17/h1-9,11,21H,10H2. The lowest BCUT2D eigenvalue weighted by Gasteiger charge is -2.09. The smallest absolute Gasteiger partial charge is 0.150 e. The van der Waals surface area contributed by atoms with Gasteiger partial charge >= 0.3 is 0 Å². The summed E-state index contributed by atoms with van der Waals surface area (Å²) in [7, 11) is 0. The highest BCUT2D eigenvalue weighted by atomic mass is 16.1. The molecule has 2 aliphatic rings. The summed E-state index contributed by atoms with van der Waals surface area (Å²) in [5.41, 5.74) is 9.92. The quantitative estimate of drug-likeness (QED) is 0.737. The Morgan fingerprint density at radius 2 is 1.95 bits per heavy atom. The molecule has 22 heavy (non-hydrogen) atoms. The summed E-state index contributed by atoms with van der Waals surface area (Å²) in [6.45, 7) is 0. The number of carbonyl (C=O) groups excluding carboxylic acids is 1. The Morgan fingerprint density at radius 3 is 2.86 bits per heavy atom. The average Bonchev–Trinajstić information content (AvgIpc) is 2.75. The van der Waals surface area contributed by atoms with Crippen LogP contribution in [0.25, 0.3) is 11.1 Å². The van der Waals surface area contributed by atoms with Crippen LogP contribution in [0.4, 0.5) is 0 Å². The van der Waals surface area contributed by atoms with E-state index in [4.69, 9.17) is 0 Å². The fourth-order valence-corrected chi connectivity index (χ4v) is 3.10. The molecule has 1 heterocycles. The van der Waals surface area contributed by atoms with Crippen LogP contribution in [0.15, 0.2) is 58.8 Å². The van der Waals surface area contributed by atoms with Gasteiger partial charge in [-0.3, -0.25) is 4.79 Å². The summed E-state index contributed by atoms with van der Waals surface area (Å²) < 4.78 is 0. The van der Waals surface area contributed by atoms with Gasteiger partial charge in [0.1, 0.15) is 6.29 Å². The topological polar surface area (TPSA) is 53.8 Å². The van der Waals surface area contributed by atoms with E-state index in [0.29, 0.717) is 0 Å². The summed E-state index contributed by atoms with van der Waals surface area (Å²) >= 11 is 0. The molecule has 0 fully saturated rings. The predicted octanol–water partition coefficient (Wildman–Crippen LogP) is 2.92. The monoisotopic (exact) mass is 287 g/mol. The highest BCUT2D eigenvalue weighted by Crippen LogP contribution is 2.40. The minimum absolute atomic E-state index is 0.763. The molecular weight excluding hydrogens is 274 g/mol. The maximum atomic E-state index is 11.3. The number of aldehydes is 1. The van der Waals surface area contributed by atoms with Crippen molar-refractivity contribution in [1.82, 2.24) is 5.53 Å². The molecule has 2 aromatic carbocycles. The molecule has 0 aromatic heterocycles. The third-order valence-electron chi connectivity index (χ3n) is 4.05. The Kier molecular flexibility index (Phi) is 2.93. The third kappa shape index (κ3) is 1.89. The molecule has 4 rings (SSSR count). The lowest BCUT2D eigenvalue weighted by molar-refractivity contribution is 0.112. The number of hydrogen-bond donors (Lipinski definition) is 1. The third-order valence-corrected chi connectivity index (χ3v) is 4.05. The van der Waals surface area contributed by atoms with Crippen molar-refractivity contribution >= 4 is 18.2 Å². The molecular formula is C18H13N3O. The van der Waals surface area contributed by atoms with E-state index in [9.17, 15) is 4.79 Å². The molecule has 106 valence electrons. The fraction of sp³-hybridized carbons (Fsp3) is 0.0556. The maximum absolute atomic E-state index is 11.3. The van der Waals surface area contributed by atoms with Crippen molar-refractivity contribution in [2.75, 3.05) is 0 Å². The normalized spacial score (nSPS) is 14.6. The first kappa shape index (κ1) is 12.7. The Balaban J connectivity index is 1.94. The Hall–Kier alpha value is -3.01. The van der Waals surface area contributed by atoms with Gasteiger partial charge in [0, 0.05) is 17.3 Å². The van der Waals surface area contributed by atoms with E-state index in [1.165, 1.54) is 5.56 Å². The number of nitrogens with one attached hydrogen (secondary N) is 1. The van der Waals surface area contributed by atoms with Gasteiger partial charge < -0.3 is 0 Å². The zero-order valence-corrected chi connectivity index (χ0v) is 11.8. The number of nitrogens with zero attached hydrogens (tertiary/aromatic N) is 2. The van der Waals surface area contributed by atoms with E-state index in [2.05, 4.69) is 33.9 Å². The molecule has 0 atom stereocenters. The molecule has 2 aromatic rings. The molecule has 0 unspecified atom stereocenters. The largest absolute Gasteiger partial charge is 0.298 e. The number of hydrogen-bond acceptors (Lipinski definition) is 4. The van der Waals surface area contributed by atoms with Gasteiger partial charge in [0.05, 0.1) is 5.71 Å². The lowest BCUT2D eigenvalue weighted by atomic mass is 9.95. The second kappa shape index (κ2) is 5.07. The second-order valence-corrected chi connectivity index (χ2v) is 5.24. The number of fused-ring (bicyclic) bond motifs is 3. The van der Waals surface area contributed by atoms with E-state index < -0.39 is 0 Å². The number of allylic oxidation sites excluding steroid dienone is 2. The number of carbonyl (C=O) groups is 1. The van der Waals surface area contributed by atoms with Crippen LogP contribution in [0.2, 0.25) is 0 Å². The molecule has 0 amide bonds. The van der Waals surface area contributed by atoms with E-state index in [1.807, 2.05) is 30.4 Å².